The molecule has 4 nitrogen and oxygen atoms in total. The number of thiazole rings is 1. The lowest BCUT2D eigenvalue weighted by atomic mass is 10.1. The van der Waals surface area contributed by atoms with Gasteiger partial charge in [-0.15, -0.1) is 11.3 Å². The number of halogens is 1. The molecule has 1 heterocycles. The lowest BCUT2D eigenvalue weighted by molar-refractivity contribution is -0.111. The SMILES string of the molecule is COc1ccc(/C=C/C(=O)Nc2ccc(-c3csc(C)n3)cc2)cc1F. The summed E-state index contributed by atoms with van der Waals surface area (Å²) in [4.78, 5) is 16.5. The Morgan fingerprint density at radius 2 is 2.00 bits per heavy atom. The van der Waals surface area contributed by atoms with Crippen molar-refractivity contribution in [3.8, 4) is 17.0 Å². The van der Waals surface area contributed by atoms with Gasteiger partial charge in [-0.25, -0.2) is 9.37 Å². The van der Waals surface area contributed by atoms with E-state index in [0.29, 0.717) is 11.3 Å². The van der Waals surface area contributed by atoms with Gasteiger partial charge in [0, 0.05) is 22.7 Å². The summed E-state index contributed by atoms with van der Waals surface area (Å²) in [5, 5.41) is 5.78. The van der Waals surface area contributed by atoms with E-state index >= 15 is 0 Å². The molecule has 0 aliphatic rings. The molecule has 6 heteroatoms. The van der Waals surface area contributed by atoms with Crippen LogP contribution in [0.1, 0.15) is 10.6 Å². The molecule has 1 aromatic heterocycles. The molecule has 0 saturated carbocycles. The van der Waals surface area contributed by atoms with Crippen LogP contribution in [0.15, 0.2) is 53.9 Å². The van der Waals surface area contributed by atoms with Crippen molar-refractivity contribution in [3.63, 3.8) is 0 Å². The third-order valence-electron chi connectivity index (χ3n) is 3.67. The number of anilines is 1. The number of benzene rings is 2. The number of nitrogens with one attached hydrogen (secondary N) is 1. The fraction of sp³-hybridized carbons (Fsp3) is 0.100. The third kappa shape index (κ3) is 4.34. The molecule has 132 valence electrons. The fourth-order valence-electron chi connectivity index (χ4n) is 2.36. The van der Waals surface area contributed by atoms with Gasteiger partial charge in [-0.2, -0.15) is 0 Å². The summed E-state index contributed by atoms with van der Waals surface area (Å²) in [6, 6.07) is 12.0. The molecular weight excluding hydrogens is 351 g/mol. The number of amides is 1. The standard InChI is InChI=1S/C20H17FN2O2S/c1-13-22-18(12-26-13)15-5-7-16(8-6-15)23-20(24)10-4-14-3-9-19(25-2)17(21)11-14/h3-12H,1-2H3,(H,23,24)/b10-4+. The highest BCUT2D eigenvalue weighted by atomic mass is 32.1. The summed E-state index contributed by atoms with van der Waals surface area (Å²) in [6.07, 6.45) is 2.91. The van der Waals surface area contributed by atoms with E-state index in [1.807, 2.05) is 36.6 Å². The van der Waals surface area contributed by atoms with Crippen LogP contribution in [0, 0.1) is 12.7 Å². The Labute approximate surface area is 155 Å². The first-order chi connectivity index (χ1) is 12.5. The topological polar surface area (TPSA) is 51.2 Å². The molecule has 1 amide bonds. The molecule has 1 N–H and O–H groups in total. The van der Waals surface area contributed by atoms with Crippen molar-refractivity contribution in [2.24, 2.45) is 0 Å². The number of aromatic nitrogens is 1. The Hall–Kier alpha value is -2.99. The average Bonchev–Trinajstić information content (AvgIpc) is 3.07. The van der Waals surface area contributed by atoms with Gasteiger partial charge in [-0.3, -0.25) is 4.79 Å². The van der Waals surface area contributed by atoms with Crippen LogP contribution < -0.4 is 10.1 Å². The number of hydrogen-bond acceptors (Lipinski definition) is 4. The van der Waals surface area contributed by atoms with Gasteiger partial charge in [0.1, 0.15) is 0 Å². The molecule has 0 saturated heterocycles. The molecule has 2 aromatic carbocycles. The van der Waals surface area contributed by atoms with E-state index in [1.54, 1.807) is 23.5 Å². The minimum atomic E-state index is -0.470. The van der Waals surface area contributed by atoms with E-state index in [-0.39, 0.29) is 11.7 Å². The van der Waals surface area contributed by atoms with Crippen LogP contribution >= 0.6 is 11.3 Å². The maximum absolute atomic E-state index is 13.6. The molecule has 0 aliphatic carbocycles. The minimum absolute atomic E-state index is 0.169. The van der Waals surface area contributed by atoms with Gasteiger partial charge < -0.3 is 10.1 Å². The van der Waals surface area contributed by atoms with Crippen molar-refractivity contribution in [3.05, 3.63) is 70.3 Å². The number of carbonyl (C=O) groups excluding carboxylic acids is 1. The van der Waals surface area contributed by atoms with Crippen LogP contribution in [0.3, 0.4) is 0 Å². The Morgan fingerprint density at radius 3 is 2.62 bits per heavy atom. The van der Waals surface area contributed by atoms with Crippen LogP contribution in [0.5, 0.6) is 5.75 Å². The van der Waals surface area contributed by atoms with Crippen molar-refractivity contribution >= 4 is 29.0 Å². The predicted molar refractivity (Wildman–Crippen MR) is 103 cm³/mol. The van der Waals surface area contributed by atoms with Crippen LogP contribution in [-0.4, -0.2) is 18.0 Å². The highest BCUT2D eigenvalue weighted by Crippen LogP contribution is 2.23. The number of methoxy groups -OCH3 is 1. The summed E-state index contributed by atoms with van der Waals surface area (Å²) >= 11 is 1.60. The van der Waals surface area contributed by atoms with Gasteiger partial charge in [0.05, 0.1) is 17.8 Å². The highest BCUT2D eigenvalue weighted by Gasteiger charge is 2.04. The smallest absolute Gasteiger partial charge is 0.248 e. The van der Waals surface area contributed by atoms with Crippen molar-refractivity contribution in [2.45, 2.75) is 6.92 Å². The van der Waals surface area contributed by atoms with Crippen molar-refractivity contribution in [1.29, 1.82) is 0 Å². The highest BCUT2D eigenvalue weighted by molar-refractivity contribution is 7.09. The third-order valence-corrected chi connectivity index (χ3v) is 4.44. The van der Waals surface area contributed by atoms with Crippen molar-refractivity contribution < 1.29 is 13.9 Å². The lowest BCUT2D eigenvalue weighted by Gasteiger charge is -2.04. The summed E-state index contributed by atoms with van der Waals surface area (Å²) in [5.74, 6) is -0.594. The van der Waals surface area contributed by atoms with Crippen LogP contribution in [0.2, 0.25) is 0 Å². The van der Waals surface area contributed by atoms with Gasteiger partial charge in [-0.05, 0) is 42.8 Å². The fourth-order valence-corrected chi connectivity index (χ4v) is 2.98. The zero-order valence-corrected chi connectivity index (χ0v) is 15.1. The second-order valence-electron chi connectivity index (χ2n) is 5.55. The van der Waals surface area contributed by atoms with Crippen molar-refractivity contribution in [2.75, 3.05) is 12.4 Å². The lowest BCUT2D eigenvalue weighted by Crippen LogP contribution is -2.07. The first-order valence-electron chi connectivity index (χ1n) is 7.90. The summed E-state index contributed by atoms with van der Waals surface area (Å²) in [7, 11) is 1.41. The Morgan fingerprint density at radius 1 is 1.23 bits per heavy atom. The second-order valence-corrected chi connectivity index (χ2v) is 6.61. The van der Waals surface area contributed by atoms with E-state index in [1.165, 1.54) is 25.3 Å². The monoisotopic (exact) mass is 368 g/mol. The predicted octanol–water partition coefficient (Wildman–Crippen LogP) is 4.92. The molecule has 3 aromatic rings. The van der Waals surface area contributed by atoms with E-state index < -0.39 is 5.82 Å². The van der Waals surface area contributed by atoms with Gasteiger partial charge in [0.15, 0.2) is 11.6 Å². The van der Waals surface area contributed by atoms with Gasteiger partial charge in [0.25, 0.3) is 0 Å². The van der Waals surface area contributed by atoms with E-state index in [9.17, 15) is 9.18 Å². The van der Waals surface area contributed by atoms with Crippen LogP contribution in [-0.2, 0) is 4.79 Å². The number of rotatable bonds is 5. The van der Waals surface area contributed by atoms with Gasteiger partial charge in [-0.1, -0.05) is 18.2 Å². The summed E-state index contributed by atoms with van der Waals surface area (Å²) in [5.41, 5.74) is 3.17. The van der Waals surface area contributed by atoms with Crippen LogP contribution in [0.25, 0.3) is 17.3 Å². The maximum Gasteiger partial charge on any atom is 0.248 e. The molecule has 0 unspecified atom stereocenters. The summed E-state index contributed by atoms with van der Waals surface area (Å²) < 4.78 is 18.5. The molecule has 0 bridgehead atoms. The molecule has 0 atom stereocenters. The largest absolute Gasteiger partial charge is 0.494 e. The second kappa shape index (κ2) is 7.93. The quantitative estimate of drug-likeness (QED) is 0.651. The van der Waals surface area contributed by atoms with E-state index in [4.69, 9.17) is 4.74 Å². The zero-order valence-electron chi connectivity index (χ0n) is 14.3. The first-order valence-corrected chi connectivity index (χ1v) is 8.78. The van der Waals surface area contributed by atoms with E-state index in [2.05, 4.69) is 10.3 Å². The Kier molecular flexibility index (Phi) is 5.43. The number of ether oxygens (including phenoxy) is 1. The van der Waals surface area contributed by atoms with Crippen molar-refractivity contribution in [1.82, 2.24) is 4.98 Å². The first kappa shape index (κ1) is 17.8. The van der Waals surface area contributed by atoms with Gasteiger partial charge >= 0.3 is 0 Å². The molecule has 26 heavy (non-hydrogen) atoms. The number of hydrogen-bond donors (Lipinski definition) is 1. The molecule has 0 spiro atoms. The summed E-state index contributed by atoms with van der Waals surface area (Å²) in [6.45, 7) is 1.96. The Balaban J connectivity index is 1.63. The average molecular weight is 368 g/mol. The minimum Gasteiger partial charge on any atom is -0.494 e. The number of aryl methyl sites for hydroxylation is 1. The maximum atomic E-state index is 13.6. The van der Waals surface area contributed by atoms with E-state index in [0.717, 1.165) is 16.3 Å². The normalized spacial score (nSPS) is 10.9. The van der Waals surface area contributed by atoms with Crippen LogP contribution in [0.4, 0.5) is 10.1 Å². The Bertz CT molecular complexity index is 949. The molecular formula is C20H17FN2O2S. The number of nitrogens with zero attached hydrogens (tertiary/aromatic N) is 1. The van der Waals surface area contributed by atoms with Gasteiger partial charge in [0.2, 0.25) is 5.91 Å². The molecule has 0 aliphatic heterocycles. The molecule has 3 rings (SSSR count). The zero-order chi connectivity index (χ0) is 18.5. The number of carbonyl (C=O) groups is 1. The molecule has 0 radical (unpaired) electrons. The molecule has 0 fully saturated rings.